The van der Waals surface area contributed by atoms with E-state index in [1.165, 1.54) is 6.20 Å². The predicted molar refractivity (Wildman–Crippen MR) is 150 cm³/mol. The SMILES string of the molecule is CC(C)(O)COc1cc(-c2ccc(N3CCC(C)(CC(=O)c4c(F)ccc(F)c4F)CC3)nc2)c2c(C#N)cnn2c1. The first-order valence-corrected chi connectivity index (χ1v) is 13.5. The second-order valence-electron chi connectivity index (χ2n) is 11.7. The summed E-state index contributed by atoms with van der Waals surface area (Å²) >= 11 is 0. The van der Waals surface area contributed by atoms with E-state index in [1.807, 2.05) is 19.1 Å². The lowest BCUT2D eigenvalue weighted by atomic mass is 9.75. The van der Waals surface area contributed by atoms with Crippen LogP contribution in [0.5, 0.6) is 5.75 Å². The van der Waals surface area contributed by atoms with Crippen molar-refractivity contribution in [3.8, 4) is 22.9 Å². The van der Waals surface area contributed by atoms with Crippen molar-refractivity contribution in [2.24, 2.45) is 5.41 Å². The van der Waals surface area contributed by atoms with Gasteiger partial charge in [0, 0.05) is 36.8 Å². The van der Waals surface area contributed by atoms with E-state index >= 15 is 0 Å². The molecule has 0 atom stereocenters. The highest BCUT2D eigenvalue weighted by molar-refractivity contribution is 5.97. The Kier molecular flexibility index (Phi) is 7.68. The molecule has 42 heavy (non-hydrogen) atoms. The van der Waals surface area contributed by atoms with Gasteiger partial charge < -0.3 is 14.7 Å². The van der Waals surface area contributed by atoms with Crippen LogP contribution in [0.4, 0.5) is 19.0 Å². The van der Waals surface area contributed by atoms with Crippen molar-refractivity contribution in [2.45, 2.75) is 45.6 Å². The number of anilines is 1. The summed E-state index contributed by atoms with van der Waals surface area (Å²) in [6.45, 7) is 6.37. The van der Waals surface area contributed by atoms with E-state index in [0.29, 0.717) is 60.2 Å². The number of carbonyl (C=O) groups is 1. The third kappa shape index (κ3) is 5.94. The Morgan fingerprint density at radius 3 is 2.50 bits per heavy atom. The first-order valence-electron chi connectivity index (χ1n) is 13.5. The zero-order valence-electron chi connectivity index (χ0n) is 23.5. The molecule has 1 saturated heterocycles. The van der Waals surface area contributed by atoms with E-state index in [0.717, 1.165) is 11.6 Å². The van der Waals surface area contributed by atoms with Gasteiger partial charge in [0.05, 0.1) is 34.6 Å². The van der Waals surface area contributed by atoms with Crippen LogP contribution < -0.4 is 9.64 Å². The molecule has 1 aliphatic heterocycles. The Balaban J connectivity index is 1.32. The van der Waals surface area contributed by atoms with Gasteiger partial charge in [0.25, 0.3) is 0 Å². The van der Waals surface area contributed by atoms with Crippen LogP contribution in [0.2, 0.25) is 0 Å². The van der Waals surface area contributed by atoms with Gasteiger partial charge in [0.15, 0.2) is 17.4 Å². The van der Waals surface area contributed by atoms with Gasteiger partial charge in [-0.3, -0.25) is 4.79 Å². The maximum absolute atomic E-state index is 14.2. The molecule has 8 nitrogen and oxygen atoms in total. The van der Waals surface area contributed by atoms with Gasteiger partial charge in [-0.05, 0) is 62.4 Å². The molecule has 4 heterocycles. The summed E-state index contributed by atoms with van der Waals surface area (Å²) in [6.07, 6.45) is 5.88. The summed E-state index contributed by atoms with van der Waals surface area (Å²) in [4.78, 5) is 19.5. The number of hydrogen-bond acceptors (Lipinski definition) is 7. The third-order valence-corrected chi connectivity index (χ3v) is 7.56. The lowest BCUT2D eigenvalue weighted by molar-refractivity contribution is 0.0283. The zero-order chi connectivity index (χ0) is 30.2. The first kappa shape index (κ1) is 29.1. The highest BCUT2D eigenvalue weighted by atomic mass is 19.2. The highest BCUT2D eigenvalue weighted by Gasteiger charge is 2.35. The van der Waals surface area contributed by atoms with Gasteiger partial charge in [-0.1, -0.05) is 6.92 Å². The van der Waals surface area contributed by atoms with E-state index in [4.69, 9.17) is 4.74 Å². The molecule has 11 heteroatoms. The number of rotatable bonds is 8. The summed E-state index contributed by atoms with van der Waals surface area (Å²) in [6, 6.07) is 9.14. The summed E-state index contributed by atoms with van der Waals surface area (Å²) < 4.78 is 49.3. The Labute approximate surface area is 241 Å². The molecule has 4 aromatic rings. The molecule has 0 aliphatic carbocycles. The number of aliphatic hydroxyl groups is 1. The van der Waals surface area contributed by atoms with Gasteiger partial charge in [-0.25, -0.2) is 22.7 Å². The minimum Gasteiger partial charge on any atom is -0.489 e. The third-order valence-electron chi connectivity index (χ3n) is 7.56. The number of fused-ring (bicyclic) bond motifs is 1. The Hall–Kier alpha value is -4.43. The molecule has 0 amide bonds. The number of ketones is 1. The molecule has 218 valence electrons. The van der Waals surface area contributed by atoms with Crippen molar-refractivity contribution in [3.05, 3.63) is 77.5 Å². The second-order valence-corrected chi connectivity index (χ2v) is 11.7. The zero-order valence-corrected chi connectivity index (χ0v) is 23.5. The maximum Gasteiger partial charge on any atom is 0.172 e. The Bertz CT molecular complexity index is 1680. The Morgan fingerprint density at radius 2 is 1.86 bits per heavy atom. The number of pyridine rings is 2. The number of aromatic nitrogens is 3. The van der Waals surface area contributed by atoms with Gasteiger partial charge in [-0.2, -0.15) is 10.4 Å². The number of hydrogen-bond donors (Lipinski definition) is 1. The monoisotopic (exact) mass is 577 g/mol. The molecule has 0 spiro atoms. The van der Waals surface area contributed by atoms with Crippen molar-refractivity contribution in [1.82, 2.24) is 14.6 Å². The number of halogens is 3. The predicted octanol–water partition coefficient (Wildman–Crippen LogP) is 5.71. The molecule has 0 saturated carbocycles. The summed E-state index contributed by atoms with van der Waals surface area (Å²) in [5, 5.41) is 24.0. The van der Waals surface area contributed by atoms with E-state index in [-0.39, 0.29) is 13.0 Å². The van der Waals surface area contributed by atoms with Gasteiger partial charge in [0.1, 0.15) is 30.1 Å². The maximum atomic E-state index is 14.2. The van der Waals surface area contributed by atoms with Crippen molar-refractivity contribution in [2.75, 3.05) is 24.6 Å². The lowest BCUT2D eigenvalue weighted by Crippen LogP contribution is -2.40. The number of ether oxygens (including phenoxy) is 1. The number of Topliss-reactive ketones (excluding diaryl/α,β-unsaturated/α-hetero) is 1. The van der Waals surface area contributed by atoms with E-state index in [9.17, 15) is 28.3 Å². The molecule has 0 radical (unpaired) electrons. The smallest absolute Gasteiger partial charge is 0.172 e. The van der Waals surface area contributed by atoms with Crippen molar-refractivity contribution < 1.29 is 27.8 Å². The molecule has 0 bridgehead atoms. The number of nitrogens with zero attached hydrogens (tertiary/aromatic N) is 5. The summed E-state index contributed by atoms with van der Waals surface area (Å²) in [7, 11) is 0. The fraction of sp³-hybridized carbons (Fsp3) is 0.355. The standard InChI is InChI=1S/C31H30F3N5O3/c1-30(2,41)18-42-21-12-22(29-20(14-35)16-37-39(29)17-21)19-4-7-26(36-15-19)38-10-8-31(3,9-11-38)13-25(40)27-23(32)5-6-24(33)28(27)34/h4-7,12,15-17,41H,8-11,13,18H2,1-3H3. The van der Waals surface area contributed by atoms with Gasteiger partial charge in [0.2, 0.25) is 0 Å². The quantitative estimate of drug-likeness (QED) is 0.211. The number of benzene rings is 1. The Morgan fingerprint density at radius 1 is 1.14 bits per heavy atom. The average Bonchev–Trinajstić information content (AvgIpc) is 3.37. The first-order chi connectivity index (χ1) is 19.9. The number of nitriles is 1. The van der Waals surface area contributed by atoms with Crippen LogP contribution in [0.15, 0.2) is 48.9 Å². The molecular formula is C31H30F3N5O3. The fourth-order valence-corrected chi connectivity index (χ4v) is 5.18. The number of piperidine rings is 1. The summed E-state index contributed by atoms with van der Waals surface area (Å²) in [5.41, 5.74) is 0.0579. The molecular weight excluding hydrogens is 547 g/mol. The van der Waals surface area contributed by atoms with Crippen molar-refractivity contribution in [1.29, 1.82) is 5.26 Å². The molecule has 1 N–H and O–H groups in total. The molecule has 5 rings (SSSR count). The second kappa shape index (κ2) is 11.1. The molecule has 0 unspecified atom stereocenters. The highest BCUT2D eigenvalue weighted by Crippen LogP contribution is 2.38. The lowest BCUT2D eigenvalue weighted by Gasteiger charge is -2.39. The molecule has 3 aromatic heterocycles. The van der Waals surface area contributed by atoms with Crippen molar-refractivity contribution in [3.63, 3.8) is 0 Å². The van der Waals surface area contributed by atoms with Crippen LogP contribution in [0.3, 0.4) is 0 Å². The van der Waals surface area contributed by atoms with E-state index in [1.54, 1.807) is 36.8 Å². The number of carbonyl (C=O) groups excluding carboxylic acids is 1. The van der Waals surface area contributed by atoms with Gasteiger partial charge in [-0.15, -0.1) is 0 Å². The van der Waals surface area contributed by atoms with E-state index < -0.39 is 39.8 Å². The topological polar surface area (TPSA) is 104 Å². The van der Waals surface area contributed by atoms with Crippen LogP contribution in [0.25, 0.3) is 16.6 Å². The van der Waals surface area contributed by atoms with Gasteiger partial charge >= 0.3 is 0 Å². The van der Waals surface area contributed by atoms with Crippen LogP contribution >= 0.6 is 0 Å². The normalized spacial score (nSPS) is 15.0. The van der Waals surface area contributed by atoms with E-state index in [2.05, 4.69) is 21.1 Å². The molecule has 1 aliphatic rings. The largest absolute Gasteiger partial charge is 0.489 e. The molecule has 1 fully saturated rings. The van der Waals surface area contributed by atoms with Crippen LogP contribution in [0.1, 0.15) is 56.0 Å². The van der Waals surface area contributed by atoms with Crippen LogP contribution in [0, 0.1) is 34.2 Å². The summed E-state index contributed by atoms with van der Waals surface area (Å²) in [5.74, 6) is -3.32. The molecule has 1 aromatic carbocycles. The minimum absolute atomic E-state index is 0.0626. The van der Waals surface area contributed by atoms with Crippen LogP contribution in [-0.4, -0.2) is 50.8 Å². The van der Waals surface area contributed by atoms with Crippen molar-refractivity contribution >= 4 is 17.1 Å². The fourth-order valence-electron chi connectivity index (χ4n) is 5.18. The van der Waals surface area contributed by atoms with Crippen LogP contribution in [-0.2, 0) is 0 Å². The minimum atomic E-state index is -1.45. The average molecular weight is 578 g/mol.